The van der Waals surface area contributed by atoms with Gasteiger partial charge in [0, 0.05) is 11.8 Å². The standard InChI is InChI=1S/C25H27NO3/c1-19(2)15-16-28-22-12-8-11-21(17-22)26-25(27)23-13-6-7-14-24(23)29-18-20-9-4-3-5-10-20/h3-14,17,19H,15-16,18H2,1-2H3,(H,26,27). The van der Waals surface area contributed by atoms with Crippen LogP contribution in [0.5, 0.6) is 11.5 Å². The number of para-hydroxylation sites is 1. The van der Waals surface area contributed by atoms with Gasteiger partial charge in [-0.1, -0.05) is 62.4 Å². The van der Waals surface area contributed by atoms with Gasteiger partial charge in [-0.3, -0.25) is 4.79 Å². The Morgan fingerprint density at radius 1 is 0.897 bits per heavy atom. The molecule has 0 atom stereocenters. The third-order valence-electron chi connectivity index (χ3n) is 4.42. The highest BCUT2D eigenvalue weighted by molar-refractivity contribution is 6.06. The van der Waals surface area contributed by atoms with Crippen LogP contribution in [0.3, 0.4) is 0 Å². The predicted molar refractivity (Wildman–Crippen MR) is 117 cm³/mol. The normalized spacial score (nSPS) is 10.6. The smallest absolute Gasteiger partial charge is 0.259 e. The van der Waals surface area contributed by atoms with Crippen molar-refractivity contribution in [1.82, 2.24) is 0 Å². The molecule has 4 nitrogen and oxygen atoms in total. The molecule has 0 unspecified atom stereocenters. The molecule has 4 heteroatoms. The van der Waals surface area contributed by atoms with E-state index in [0.717, 1.165) is 17.7 Å². The molecule has 3 rings (SSSR count). The molecule has 0 bridgehead atoms. The van der Waals surface area contributed by atoms with Crippen LogP contribution >= 0.6 is 0 Å². The maximum atomic E-state index is 12.8. The molecule has 1 amide bonds. The van der Waals surface area contributed by atoms with Gasteiger partial charge in [0.25, 0.3) is 5.91 Å². The number of hydrogen-bond acceptors (Lipinski definition) is 3. The first kappa shape index (κ1) is 20.5. The van der Waals surface area contributed by atoms with Crippen LogP contribution in [-0.4, -0.2) is 12.5 Å². The average Bonchev–Trinajstić information content (AvgIpc) is 2.73. The summed E-state index contributed by atoms with van der Waals surface area (Å²) in [5.41, 5.74) is 2.23. The number of nitrogens with one attached hydrogen (secondary N) is 1. The van der Waals surface area contributed by atoms with Crippen molar-refractivity contribution in [3.63, 3.8) is 0 Å². The lowest BCUT2D eigenvalue weighted by Crippen LogP contribution is -2.13. The van der Waals surface area contributed by atoms with Crippen molar-refractivity contribution in [1.29, 1.82) is 0 Å². The van der Waals surface area contributed by atoms with Gasteiger partial charge in [0.05, 0.1) is 12.2 Å². The van der Waals surface area contributed by atoms with E-state index >= 15 is 0 Å². The predicted octanol–water partition coefficient (Wildman–Crippen LogP) is 5.94. The van der Waals surface area contributed by atoms with E-state index in [4.69, 9.17) is 9.47 Å². The van der Waals surface area contributed by atoms with Gasteiger partial charge in [-0.25, -0.2) is 0 Å². The molecular formula is C25H27NO3. The molecule has 0 radical (unpaired) electrons. The summed E-state index contributed by atoms with van der Waals surface area (Å²) in [6.07, 6.45) is 0.989. The summed E-state index contributed by atoms with van der Waals surface area (Å²) in [6, 6.07) is 24.6. The van der Waals surface area contributed by atoms with Gasteiger partial charge in [0.1, 0.15) is 18.1 Å². The largest absolute Gasteiger partial charge is 0.494 e. The third-order valence-corrected chi connectivity index (χ3v) is 4.42. The summed E-state index contributed by atoms with van der Waals surface area (Å²) in [7, 11) is 0. The van der Waals surface area contributed by atoms with E-state index in [-0.39, 0.29) is 5.91 Å². The molecule has 3 aromatic rings. The van der Waals surface area contributed by atoms with Crippen molar-refractivity contribution >= 4 is 11.6 Å². The zero-order valence-electron chi connectivity index (χ0n) is 16.9. The Hall–Kier alpha value is -3.27. The topological polar surface area (TPSA) is 47.6 Å². The molecule has 0 aliphatic carbocycles. The molecule has 0 spiro atoms. The van der Waals surface area contributed by atoms with Crippen LogP contribution in [0.2, 0.25) is 0 Å². The van der Waals surface area contributed by atoms with Crippen molar-refractivity contribution in [2.45, 2.75) is 26.9 Å². The summed E-state index contributed by atoms with van der Waals surface area (Å²) >= 11 is 0. The summed E-state index contributed by atoms with van der Waals surface area (Å²) in [4.78, 5) is 12.8. The van der Waals surface area contributed by atoms with Crippen molar-refractivity contribution in [3.05, 3.63) is 90.0 Å². The van der Waals surface area contributed by atoms with Crippen LogP contribution in [0.1, 0.15) is 36.2 Å². The number of hydrogen-bond donors (Lipinski definition) is 1. The van der Waals surface area contributed by atoms with Crippen LogP contribution in [-0.2, 0) is 6.61 Å². The van der Waals surface area contributed by atoms with Crippen LogP contribution in [0, 0.1) is 5.92 Å². The number of ether oxygens (including phenoxy) is 2. The van der Waals surface area contributed by atoms with Gasteiger partial charge in [0.15, 0.2) is 0 Å². The molecule has 0 aliphatic heterocycles. The summed E-state index contributed by atoms with van der Waals surface area (Å²) < 4.78 is 11.7. The molecule has 29 heavy (non-hydrogen) atoms. The van der Waals surface area contributed by atoms with E-state index in [1.165, 1.54) is 0 Å². The monoisotopic (exact) mass is 389 g/mol. The number of benzene rings is 3. The van der Waals surface area contributed by atoms with E-state index in [1.54, 1.807) is 6.07 Å². The van der Waals surface area contributed by atoms with E-state index < -0.39 is 0 Å². The van der Waals surface area contributed by atoms with Gasteiger partial charge in [0.2, 0.25) is 0 Å². The summed E-state index contributed by atoms with van der Waals surface area (Å²) in [6.45, 7) is 5.39. The molecule has 0 heterocycles. The summed E-state index contributed by atoms with van der Waals surface area (Å²) in [5, 5.41) is 2.94. The minimum Gasteiger partial charge on any atom is -0.494 e. The van der Waals surface area contributed by atoms with Gasteiger partial charge in [-0.15, -0.1) is 0 Å². The Bertz CT molecular complexity index is 922. The fraction of sp³-hybridized carbons (Fsp3) is 0.240. The Kier molecular flexibility index (Phi) is 7.28. The van der Waals surface area contributed by atoms with Gasteiger partial charge < -0.3 is 14.8 Å². The molecule has 0 saturated heterocycles. The van der Waals surface area contributed by atoms with E-state index in [2.05, 4.69) is 19.2 Å². The van der Waals surface area contributed by atoms with E-state index in [9.17, 15) is 4.79 Å². The Balaban J connectivity index is 1.65. The van der Waals surface area contributed by atoms with Crippen LogP contribution < -0.4 is 14.8 Å². The van der Waals surface area contributed by atoms with E-state index in [1.807, 2.05) is 72.8 Å². The molecular weight excluding hydrogens is 362 g/mol. The maximum Gasteiger partial charge on any atom is 0.259 e. The molecule has 3 aromatic carbocycles. The lowest BCUT2D eigenvalue weighted by atomic mass is 10.1. The first-order valence-corrected chi connectivity index (χ1v) is 9.92. The van der Waals surface area contributed by atoms with Crippen LogP contribution in [0.25, 0.3) is 0 Å². The highest BCUT2D eigenvalue weighted by Crippen LogP contribution is 2.23. The van der Waals surface area contributed by atoms with Crippen LogP contribution in [0.4, 0.5) is 5.69 Å². The molecule has 150 valence electrons. The second-order valence-corrected chi connectivity index (χ2v) is 7.28. The van der Waals surface area contributed by atoms with Crippen molar-refractivity contribution in [3.8, 4) is 11.5 Å². The zero-order chi connectivity index (χ0) is 20.5. The fourth-order valence-corrected chi connectivity index (χ4v) is 2.79. The number of carbonyl (C=O) groups excluding carboxylic acids is 1. The van der Waals surface area contributed by atoms with Crippen LogP contribution in [0.15, 0.2) is 78.9 Å². The fourth-order valence-electron chi connectivity index (χ4n) is 2.79. The molecule has 0 fully saturated rings. The van der Waals surface area contributed by atoms with Crippen molar-refractivity contribution in [2.24, 2.45) is 5.92 Å². The lowest BCUT2D eigenvalue weighted by Gasteiger charge is -2.13. The third kappa shape index (κ3) is 6.39. The lowest BCUT2D eigenvalue weighted by molar-refractivity contribution is 0.102. The summed E-state index contributed by atoms with van der Waals surface area (Å²) in [5.74, 6) is 1.67. The second kappa shape index (κ2) is 10.3. The highest BCUT2D eigenvalue weighted by Gasteiger charge is 2.13. The van der Waals surface area contributed by atoms with Crippen molar-refractivity contribution in [2.75, 3.05) is 11.9 Å². The number of anilines is 1. The maximum absolute atomic E-state index is 12.8. The minimum atomic E-state index is -0.215. The minimum absolute atomic E-state index is 0.215. The number of rotatable bonds is 9. The van der Waals surface area contributed by atoms with Gasteiger partial charge in [-0.2, -0.15) is 0 Å². The Morgan fingerprint density at radius 2 is 1.66 bits per heavy atom. The quantitative estimate of drug-likeness (QED) is 0.492. The first-order valence-electron chi connectivity index (χ1n) is 9.92. The molecule has 0 aromatic heterocycles. The average molecular weight is 389 g/mol. The second-order valence-electron chi connectivity index (χ2n) is 7.28. The number of carbonyl (C=O) groups is 1. The van der Waals surface area contributed by atoms with Crippen molar-refractivity contribution < 1.29 is 14.3 Å². The number of amides is 1. The highest BCUT2D eigenvalue weighted by atomic mass is 16.5. The SMILES string of the molecule is CC(C)CCOc1cccc(NC(=O)c2ccccc2OCc2ccccc2)c1. The molecule has 0 aliphatic rings. The Labute approximate surface area is 172 Å². The van der Waals surface area contributed by atoms with E-state index in [0.29, 0.717) is 36.1 Å². The molecule has 1 N–H and O–H groups in total. The first-order chi connectivity index (χ1) is 14.1. The zero-order valence-corrected chi connectivity index (χ0v) is 16.9. The Morgan fingerprint density at radius 3 is 2.45 bits per heavy atom. The van der Waals surface area contributed by atoms with Gasteiger partial charge >= 0.3 is 0 Å². The van der Waals surface area contributed by atoms with Gasteiger partial charge in [-0.05, 0) is 42.2 Å². The molecule has 0 saturated carbocycles.